The number of hydrogen-bond acceptors (Lipinski definition) is 2. The lowest BCUT2D eigenvalue weighted by Gasteiger charge is -2.00. The number of H-pyrrole nitrogens is 1. The van der Waals surface area contributed by atoms with E-state index in [0.29, 0.717) is 22.0 Å². The van der Waals surface area contributed by atoms with Gasteiger partial charge >= 0.3 is 0 Å². The first-order chi connectivity index (χ1) is 6.66. The van der Waals surface area contributed by atoms with Crippen LogP contribution in [0.3, 0.4) is 0 Å². The van der Waals surface area contributed by atoms with Crippen LogP contribution in [0.4, 0.5) is 10.1 Å². The standard InChI is InChI=1S/C9H7ClFN3/c10-6-1-5(2-7(11)3-6)9-8(12)4-13-14-9/h1-4H,12H2,(H,13,14). The van der Waals surface area contributed by atoms with Crippen molar-refractivity contribution in [3.05, 3.63) is 35.2 Å². The van der Waals surface area contributed by atoms with Crippen molar-refractivity contribution < 1.29 is 4.39 Å². The minimum atomic E-state index is -0.401. The highest BCUT2D eigenvalue weighted by molar-refractivity contribution is 6.30. The van der Waals surface area contributed by atoms with E-state index < -0.39 is 5.82 Å². The molecule has 0 unspecified atom stereocenters. The van der Waals surface area contributed by atoms with Gasteiger partial charge < -0.3 is 5.73 Å². The molecule has 0 aliphatic carbocycles. The van der Waals surface area contributed by atoms with Gasteiger partial charge in [-0.3, -0.25) is 5.10 Å². The molecule has 0 atom stereocenters. The Hall–Kier alpha value is -1.55. The lowest BCUT2D eigenvalue weighted by Crippen LogP contribution is -1.87. The number of aromatic nitrogens is 2. The molecule has 0 saturated heterocycles. The van der Waals surface area contributed by atoms with Gasteiger partial charge in [-0.1, -0.05) is 11.6 Å². The van der Waals surface area contributed by atoms with Crippen molar-refractivity contribution in [2.24, 2.45) is 0 Å². The van der Waals surface area contributed by atoms with Crippen molar-refractivity contribution in [1.82, 2.24) is 10.2 Å². The third kappa shape index (κ3) is 1.56. The molecule has 0 aliphatic rings. The number of hydrogen-bond donors (Lipinski definition) is 2. The van der Waals surface area contributed by atoms with Crippen molar-refractivity contribution in [2.45, 2.75) is 0 Å². The summed E-state index contributed by atoms with van der Waals surface area (Å²) < 4.78 is 13.0. The van der Waals surface area contributed by atoms with E-state index in [2.05, 4.69) is 10.2 Å². The number of aromatic amines is 1. The summed E-state index contributed by atoms with van der Waals surface area (Å²) in [7, 11) is 0. The van der Waals surface area contributed by atoms with Crippen molar-refractivity contribution >= 4 is 17.3 Å². The smallest absolute Gasteiger partial charge is 0.125 e. The molecular weight excluding hydrogens is 205 g/mol. The van der Waals surface area contributed by atoms with Crippen molar-refractivity contribution in [2.75, 3.05) is 5.73 Å². The lowest BCUT2D eigenvalue weighted by atomic mass is 10.1. The van der Waals surface area contributed by atoms with E-state index in [1.54, 1.807) is 6.07 Å². The van der Waals surface area contributed by atoms with Crippen LogP contribution in [0.1, 0.15) is 0 Å². The number of nitrogen functional groups attached to an aromatic ring is 1. The molecule has 0 spiro atoms. The van der Waals surface area contributed by atoms with Gasteiger partial charge in [0.2, 0.25) is 0 Å². The Labute approximate surface area is 84.7 Å². The van der Waals surface area contributed by atoms with Crippen molar-refractivity contribution in [1.29, 1.82) is 0 Å². The van der Waals surface area contributed by atoms with Gasteiger partial charge in [0.05, 0.1) is 17.6 Å². The van der Waals surface area contributed by atoms with E-state index in [1.807, 2.05) is 0 Å². The molecule has 1 aromatic heterocycles. The molecule has 0 saturated carbocycles. The summed E-state index contributed by atoms with van der Waals surface area (Å²) in [5.41, 5.74) is 7.24. The number of halogens is 2. The van der Waals surface area contributed by atoms with Gasteiger partial charge in [-0.25, -0.2) is 4.39 Å². The third-order valence-corrected chi connectivity index (χ3v) is 2.04. The zero-order valence-corrected chi connectivity index (χ0v) is 7.85. The van der Waals surface area contributed by atoms with Gasteiger partial charge in [0, 0.05) is 10.6 Å². The molecule has 0 bridgehead atoms. The normalized spacial score (nSPS) is 10.4. The predicted molar refractivity (Wildman–Crippen MR) is 53.4 cm³/mol. The fourth-order valence-corrected chi connectivity index (χ4v) is 1.45. The van der Waals surface area contributed by atoms with E-state index in [-0.39, 0.29) is 0 Å². The molecule has 3 N–H and O–H groups in total. The molecule has 0 fully saturated rings. The Morgan fingerprint density at radius 2 is 2.14 bits per heavy atom. The van der Waals surface area contributed by atoms with E-state index in [1.165, 1.54) is 18.3 Å². The van der Waals surface area contributed by atoms with Gasteiger partial charge in [0.15, 0.2) is 0 Å². The summed E-state index contributed by atoms with van der Waals surface area (Å²) in [6.07, 6.45) is 1.47. The summed E-state index contributed by atoms with van der Waals surface area (Å²) in [6, 6.07) is 4.20. The number of nitrogens with one attached hydrogen (secondary N) is 1. The summed E-state index contributed by atoms with van der Waals surface area (Å²) in [6.45, 7) is 0. The van der Waals surface area contributed by atoms with Crippen LogP contribution in [-0.4, -0.2) is 10.2 Å². The molecule has 1 heterocycles. The monoisotopic (exact) mass is 211 g/mol. The SMILES string of the molecule is Nc1cn[nH]c1-c1cc(F)cc(Cl)c1. The van der Waals surface area contributed by atoms with Crippen LogP contribution in [-0.2, 0) is 0 Å². The molecule has 2 rings (SSSR count). The number of benzene rings is 1. The van der Waals surface area contributed by atoms with E-state index >= 15 is 0 Å². The average Bonchev–Trinajstić information content (AvgIpc) is 2.49. The van der Waals surface area contributed by atoms with Crippen LogP contribution >= 0.6 is 11.6 Å². The molecule has 2 aromatic rings. The first-order valence-electron chi connectivity index (χ1n) is 3.92. The second-order valence-corrected chi connectivity index (χ2v) is 3.29. The maximum absolute atomic E-state index is 13.0. The zero-order valence-electron chi connectivity index (χ0n) is 7.09. The number of nitrogens with two attached hydrogens (primary N) is 1. The van der Waals surface area contributed by atoms with Gasteiger partial charge in [0.1, 0.15) is 5.82 Å². The summed E-state index contributed by atoms with van der Waals surface area (Å²) in [5, 5.41) is 6.75. The van der Waals surface area contributed by atoms with E-state index in [4.69, 9.17) is 17.3 Å². The highest BCUT2D eigenvalue weighted by atomic mass is 35.5. The Kier molecular flexibility index (Phi) is 2.13. The first-order valence-corrected chi connectivity index (χ1v) is 4.30. The highest BCUT2D eigenvalue weighted by Gasteiger charge is 2.06. The van der Waals surface area contributed by atoms with E-state index in [9.17, 15) is 4.39 Å². The van der Waals surface area contributed by atoms with Crippen molar-refractivity contribution in [3.8, 4) is 11.3 Å². The molecule has 5 heteroatoms. The fraction of sp³-hybridized carbons (Fsp3) is 0. The molecule has 0 aliphatic heterocycles. The van der Waals surface area contributed by atoms with Crippen LogP contribution < -0.4 is 5.73 Å². The molecule has 0 radical (unpaired) electrons. The summed E-state index contributed by atoms with van der Waals surface area (Å²) in [5.74, 6) is -0.401. The van der Waals surface area contributed by atoms with Gasteiger partial charge in [-0.15, -0.1) is 0 Å². The minimum absolute atomic E-state index is 0.328. The molecule has 3 nitrogen and oxygen atoms in total. The lowest BCUT2D eigenvalue weighted by molar-refractivity contribution is 0.628. The van der Waals surface area contributed by atoms with Crippen LogP contribution in [0.5, 0.6) is 0 Å². The number of anilines is 1. The zero-order chi connectivity index (χ0) is 10.1. The van der Waals surface area contributed by atoms with Crippen LogP contribution in [0, 0.1) is 5.82 Å². The topological polar surface area (TPSA) is 54.7 Å². The van der Waals surface area contributed by atoms with Gasteiger partial charge in [0.25, 0.3) is 0 Å². The average molecular weight is 212 g/mol. The largest absolute Gasteiger partial charge is 0.396 e. The first kappa shape index (κ1) is 9.02. The Morgan fingerprint density at radius 1 is 1.36 bits per heavy atom. The Bertz CT molecular complexity index is 447. The summed E-state index contributed by atoms with van der Waals surface area (Å²) >= 11 is 5.70. The minimum Gasteiger partial charge on any atom is -0.396 e. The maximum Gasteiger partial charge on any atom is 0.125 e. The maximum atomic E-state index is 13.0. The Balaban J connectivity index is 2.57. The van der Waals surface area contributed by atoms with E-state index in [0.717, 1.165) is 0 Å². The third-order valence-electron chi connectivity index (χ3n) is 1.82. The highest BCUT2D eigenvalue weighted by Crippen LogP contribution is 2.26. The molecule has 72 valence electrons. The van der Waals surface area contributed by atoms with Gasteiger partial charge in [-0.05, 0) is 18.2 Å². The van der Waals surface area contributed by atoms with Gasteiger partial charge in [-0.2, -0.15) is 5.10 Å². The molecule has 1 aromatic carbocycles. The molecule has 14 heavy (non-hydrogen) atoms. The predicted octanol–water partition coefficient (Wildman–Crippen LogP) is 2.45. The molecule has 0 amide bonds. The summed E-state index contributed by atoms with van der Waals surface area (Å²) in [4.78, 5) is 0. The second kappa shape index (κ2) is 3.31. The quantitative estimate of drug-likeness (QED) is 0.761. The number of rotatable bonds is 1. The second-order valence-electron chi connectivity index (χ2n) is 2.86. The molecular formula is C9H7ClFN3. The Morgan fingerprint density at radius 3 is 2.71 bits per heavy atom. The van der Waals surface area contributed by atoms with Crippen molar-refractivity contribution in [3.63, 3.8) is 0 Å². The number of nitrogens with zero attached hydrogens (tertiary/aromatic N) is 1. The van der Waals surface area contributed by atoms with Crippen LogP contribution in [0.15, 0.2) is 24.4 Å². The van der Waals surface area contributed by atoms with Crippen LogP contribution in [0.25, 0.3) is 11.3 Å². The van der Waals surface area contributed by atoms with Crippen LogP contribution in [0.2, 0.25) is 5.02 Å². The fourth-order valence-electron chi connectivity index (χ4n) is 1.22.